The molecule has 0 spiro atoms. The molecule has 2 unspecified atom stereocenters. The van der Waals surface area contributed by atoms with E-state index in [-0.39, 0.29) is 0 Å². The van der Waals surface area contributed by atoms with Crippen molar-refractivity contribution in [1.29, 1.82) is 0 Å². The van der Waals surface area contributed by atoms with Gasteiger partial charge in [-0.2, -0.15) is 0 Å². The maximum Gasteiger partial charge on any atom is 0.0130 e. The van der Waals surface area contributed by atoms with Crippen LogP contribution in [0.3, 0.4) is 0 Å². The molecule has 0 heterocycles. The minimum absolute atomic E-state index is 0.632. The van der Waals surface area contributed by atoms with Crippen LogP contribution in [0, 0.1) is 5.92 Å². The highest BCUT2D eigenvalue weighted by molar-refractivity contribution is 4.97. The molecule has 0 aliphatic rings. The molecule has 0 saturated carbocycles. The van der Waals surface area contributed by atoms with E-state index in [9.17, 15) is 0 Å². The molecule has 0 aromatic carbocycles. The van der Waals surface area contributed by atoms with Crippen molar-refractivity contribution >= 4 is 0 Å². The Bertz CT molecular complexity index is 151. The van der Waals surface area contributed by atoms with Gasteiger partial charge in [0.05, 0.1) is 0 Å². The van der Waals surface area contributed by atoms with E-state index in [1.807, 2.05) is 0 Å². The molecule has 2 atom stereocenters. The van der Waals surface area contributed by atoms with Gasteiger partial charge in [0.25, 0.3) is 0 Å². The van der Waals surface area contributed by atoms with E-state index in [0.29, 0.717) is 6.04 Å². The Kier molecular flexibility index (Phi) is 7.87. The second-order valence-electron chi connectivity index (χ2n) is 4.25. The first-order valence-corrected chi connectivity index (χ1v) is 6.05. The van der Waals surface area contributed by atoms with Gasteiger partial charge in [0, 0.05) is 6.04 Å². The van der Waals surface area contributed by atoms with Crippen LogP contribution in [0.5, 0.6) is 0 Å². The molecule has 0 aromatic heterocycles. The van der Waals surface area contributed by atoms with E-state index >= 15 is 0 Å². The Hall–Kier alpha value is -0.300. The van der Waals surface area contributed by atoms with E-state index in [1.165, 1.54) is 18.4 Å². The second-order valence-corrected chi connectivity index (χ2v) is 4.25. The largest absolute Gasteiger partial charge is 0.313 e. The lowest BCUT2D eigenvalue weighted by atomic mass is 9.92. The van der Waals surface area contributed by atoms with Crippen LogP contribution in [0.4, 0.5) is 0 Å². The summed E-state index contributed by atoms with van der Waals surface area (Å²) >= 11 is 0. The molecular formula is C13H27N. The molecule has 0 bridgehead atoms. The molecular weight excluding hydrogens is 170 g/mol. The summed E-state index contributed by atoms with van der Waals surface area (Å²) in [6.07, 6.45) is 4.72. The summed E-state index contributed by atoms with van der Waals surface area (Å²) in [6.45, 7) is 14.2. The van der Waals surface area contributed by atoms with Crippen molar-refractivity contribution in [2.75, 3.05) is 6.54 Å². The highest BCUT2D eigenvalue weighted by Gasteiger charge is 2.14. The smallest absolute Gasteiger partial charge is 0.0130 e. The van der Waals surface area contributed by atoms with Crippen LogP contribution in [0.25, 0.3) is 0 Å². The van der Waals surface area contributed by atoms with Crippen molar-refractivity contribution in [3.05, 3.63) is 12.2 Å². The fourth-order valence-corrected chi connectivity index (χ4v) is 1.54. The fraction of sp³-hybridized carbons (Fsp3) is 0.846. The molecule has 0 aromatic rings. The van der Waals surface area contributed by atoms with Crippen LogP contribution in [0.15, 0.2) is 12.2 Å². The summed E-state index contributed by atoms with van der Waals surface area (Å²) in [5.74, 6) is 0.754. The third-order valence-corrected chi connectivity index (χ3v) is 3.00. The van der Waals surface area contributed by atoms with Crippen molar-refractivity contribution in [2.45, 2.75) is 59.4 Å². The Morgan fingerprint density at radius 1 is 1.29 bits per heavy atom. The zero-order valence-corrected chi connectivity index (χ0v) is 10.4. The van der Waals surface area contributed by atoms with Crippen LogP contribution in [-0.4, -0.2) is 12.6 Å². The molecule has 84 valence electrons. The van der Waals surface area contributed by atoms with Crippen molar-refractivity contribution in [3.63, 3.8) is 0 Å². The maximum absolute atomic E-state index is 4.10. The number of nitrogens with one attached hydrogen (secondary N) is 1. The van der Waals surface area contributed by atoms with Gasteiger partial charge in [-0.25, -0.2) is 0 Å². The standard InChI is InChI=1S/C13H27N/c1-6-9-14-13(12(5)8-3)10-11(4)7-2/h12-14H,4,6-10H2,1-3,5H3. The Balaban J connectivity index is 4.02. The lowest BCUT2D eigenvalue weighted by molar-refractivity contribution is 0.363. The van der Waals surface area contributed by atoms with Crippen LogP contribution in [0.2, 0.25) is 0 Å². The summed E-state index contributed by atoms with van der Waals surface area (Å²) in [4.78, 5) is 0. The molecule has 0 aliphatic heterocycles. The zero-order valence-electron chi connectivity index (χ0n) is 10.4. The normalized spacial score (nSPS) is 15.1. The lowest BCUT2D eigenvalue weighted by Gasteiger charge is -2.25. The SMILES string of the molecule is C=C(CC)CC(NCCC)C(C)CC. The summed E-state index contributed by atoms with van der Waals surface area (Å²) in [5.41, 5.74) is 1.37. The first-order chi connectivity index (χ1) is 6.65. The third kappa shape index (κ3) is 5.43. The van der Waals surface area contributed by atoms with E-state index in [1.54, 1.807) is 0 Å². The predicted octanol–water partition coefficient (Wildman–Crippen LogP) is 3.76. The van der Waals surface area contributed by atoms with Gasteiger partial charge in [-0.3, -0.25) is 0 Å². The van der Waals surface area contributed by atoms with Crippen LogP contribution >= 0.6 is 0 Å². The topological polar surface area (TPSA) is 12.0 Å². The summed E-state index contributed by atoms with van der Waals surface area (Å²) in [6, 6.07) is 0.632. The molecule has 0 amide bonds. The van der Waals surface area contributed by atoms with Crippen LogP contribution < -0.4 is 5.32 Å². The quantitative estimate of drug-likeness (QED) is 0.584. The number of rotatable bonds is 8. The Labute approximate surface area is 90.0 Å². The van der Waals surface area contributed by atoms with Crippen molar-refractivity contribution < 1.29 is 0 Å². The average Bonchev–Trinajstić information content (AvgIpc) is 2.22. The monoisotopic (exact) mass is 197 g/mol. The van der Waals surface area contributed by atoms with Crippen molar-refractivity contribution in [2.24, 2.45) is 5.92 Å². The van der Waals surface area contributed by atoms with Crippen molar-refractivity contribution in [1.82, 2.24) is 5.32 Å². The molecule has 14 heavy (non-hydrogen) atoms. The molecule has 0 radical (unpaired) electrons. The molecule has 0 fully saturated rings. The minimum Gasteiger partial charge on any atom is -0.313 e. The maximum atomic E-state index is 4.10. The molecule has 0 rings (SSSR count). The van der Waals surface area contributed by atoms with Gasteiger partial charge in [0.1, 0.15) is 0 Å². The fourth-order valence-electron chi connectivity index (χ4n) is 1.54. The van der Waals surface area contributed by atoms with E-state index < -0.39 is 0 Å². The van der Waals surface area contributed by atoms with Gasteiger partial charge in [-0.1, -0.05) is 46.3 Å². The highest BCUT2D eigenvalue weighted by atomic mass is 14.9. The molecule has 0 saturated heterocycles. The van der Waals surface area contributed by atoms with Crippen LogP contribution in [-0.2, 0) is 0 Å². The second kappa shape index (κ2) is 8.05. The first kappa shape index (κ1) is 13.7. The summed E-state index contributed by atoms with van der Waals surface area (Å²) in [5, 5.41) is 3.62. The Morgan fingerprint density at radius 3 is 2.36 bits per heavy atom. The van der Waals surface area contributed by atoms with Crippen LogP contribution in [0.1, 0.15) is 53.4 Å². The summed E-state index contributed by atoms with van der Waals surface area (Å²) in [7, 11) is 0. The highest BCUT2D eigenvalue weighted by Crippen LogP contribution is 2.16. The first-order valence-electron chi connectivity index (χ1n) is 6.05. The third-order valence-electron chi connectivity index (χ3n) is 3.00. The van der Waals surface area contributed by atoms with E-state index in [0.717, 1.165) is 25.3 Å². The lowest BCUT2D eigenvalue weighted by Crippen LogP contribution is -2.35. The van der Waals surface area contributed by atoms with Gasteiger partial charge in [0.2, 0.25) is 0 Å². The van der Waals surface area contributed by atoms with E-state index in [4.69, 9.17) is 0 Å². The summed E-state index contributed by atoms with van der Waals surface area (Å²) < 4.78 is 0. The minimum atomic E-state index is 0.632. The molecule has 0 aliphatic carbocycles. The van der Waals surface area contributed by atoms with Gasteiger partial charge in [-0.05, 0) is 31.7 Å². The number of hydrogen-bond donors (Lipinski definition) is 1. The number of hydrogen-bond acceptors (Lipinski definition) is 1. The van der Waals surface area contributed by atoms with Gasteiger partial charge in [-0.15, -0.1) is 0 Å². The van der Waals surface area contributed by atoms with Gasteiger partial charge in [0.15, 0.2) is 0 Å². The molecule has 1 heteroatoms. The molecule has 1 N–H and O–H groups in total. The predicted molar refractivity (Wildman–Crippen MR) is 65.6 cm³/mol. The van der Waals surface area contributed by atoms with Gasteiger partial charge >= 0.3 is 0 Å². The Morgan fingerprint density at radius 2 is 1.93 bits per heavy atom. The van der Waals surface area contributed by atoms with Crippen molar-refractivity contribution in [3.8, 4) is 0 Å². The zero-order chi connectivity index (χ0) is 11.0. The molecule has 1 nitrogen and oxygen atoms in total. The average molecular weight is 197 g/mol. The van der Waals surface area contributed by atoms with E-state index in [2.05, 4.69) is 39.6 Å². The van der Waals surface area contributed by atoms with Gasteiger partial charge < -0.3 is 5.32 Å².